The molecule has 2 heteroatoms. The van der Waals surface area contributed by atoms with Crippen LogP contribution in [0, 0.1) is 11.3 Å². The minimum Gasteiger partial charge on any atom is -0.306 e. The van der Waals surface area contributed by atoms with Crippen LogP contribution in [0.25, 0.3) is 0 Å². The van der Waals surface area contributed by atoms with Gasteiger partial charge >= 0.3 is 0 Å². The van der Waals surface area contributed by atoms with E-state index in [-0.39, 0.29) is 0 Å². The molecule has 0 aromatic carbocycles. The molecule has 0 aliphatic heterocycles. The van der Waals surface area contributed by atoms with E-state index in [0.717, 1.165) is 5.92 Å². The highest BCUT2D eigenvalue weighted by atomic mass is 32.1. The van der Waals surface area contributed by atoms with Gasteiger partial charge in [-0.15, -0.1) is 11.3 Å². The molecule has 1 saturated carbocycles. The Morgan fingerprint density at radius 3 is 2.71 bits per heavy atom. The smallest absolute Gasteiger partial charge is 0.0414 e. The first-order chi connectivity index (χ1) is 8.02. The van der Waals surface area contributed by atoms with Crippen molar-refractivity contribution < 1.29 is 0 Å². The van der Waals surface area contributed by atoms with E-state index in [1.54, 1.807) is 0 Å². The largest absolute Gasteiger partial charge is 0.306 e. The molecular formula is C15H25NS. The maximum absolute atomic E-state index is 3.88. The zero-order valence-corrected chi connectivity index (χ0v) is 12.3. The Kier molecular flexibility index (Phi) is 3.94. The van der Waals surface area contributed by atoms with Gasteiger partial charge in [0.05, 0.1) is 0 Å². The van der Waals surface area contributed by atoms with Crippen molar-refractivity contribution in [3.05, 3.63) is 22.4 Å². The summed E-state index contributed by atoms with van der Waals surface area (Å²) in [6, 6.07) is 5.66. The first-order valence-corrected chi connectivity index (χ1v) is 7.69. The molecule has 1 aliphatic rings. The predicted octanol–water partition coefficient (Wildman–Crippen LogP) is 4.61. The molecule has 0 saturated heterocycles. The molecule has 1 heterocycles. The monoisotopic (exact) mass is 251 g/mol. The minimum absolute atomic E-state index is 0.519. The average Bonchev–Trinajstić information content (AvgIpc) is 2.83. The summed E-state index contributed by atoms with van der Waals surface area (Å²) in [6.45, 7) is 9.48. The van der Waals surface area contributed by atoms with E-state index < -0.39 is 0 Å². The molecule has 1 nitrogen and oxygen atoms in total. The van der Waals surface area contributed by atoms with Crippen molar-refractivity contribution in [1.29, 1.82) is 0 Å². The zero-order chi connectivity index (χ0) is 12.5. The Morgan fingerprint density at radius 2 is 2.24 bits per heavy atom. The van der Waals surface area contributed by atoms with Gasteiger partial charge in [-0.2, -0.15) is 0 Å². The molecule has 0 radical (unpaired) electrons. The third kappa shape index (κ3) is 3.11. The Morgan fingerprint density at radius 1 is 1.47 bits per heavy atom. The van der Waals surface area contributed by atoms with Gasteiger partial charge in [0.25, 0.3) is 0 Å². The molecule has 1 fully saturated rings. The summed E-state index contributed by atoms with van der Waals surface area (Å²) < 4.78 is 0. The van der Waals surface area contributed by atoms with Gasteiger partial charge in [-0.3, -0.25) is 0 Å². The van der Waals surface area contributed by atoms with E-state index >= 15 is 0 Å². The van der Waals surface area contributed by atoms with Gasteiger partial charge in [0.1, 0.15) is 0 Å². The van der Waals surface area contributed by atoms with Gasteiger partial charge in [0.2, 0.25) is 0 Å². The third-order valence-corrected chi connectivity index (χ3v) is 5.03. The van der Waals surface area contributed by atoms with Crippen molar-refractivity contribution in [1.82, 2.24) is 5.32 Å². The molecule has 1 aliphatic carbocycles. The fourth-order valence-corrected chi connectivity index (χ4v) is 4.14. The SMILES string of the molecule is CCC(NC1CC(C)(C)CC1C)c1cccs1. The van der Waals surface area contributed by atoms with E-state index in [2.05, 4.69) is 50.5 Å². The van der Waals surface area contributed by atoms with Gasteiger partial charge in [-0.25, -0.2) is 0 Å². The summed E-state index contributed by atoms with van der Waals surface area (Å²) in [6.07, 6.45) is 3.85. The molecule has 0 spiro atoms. The molecule has 2 rings (SSSR count). The van der Waals surface area contributed by atoms with Crippen LogP contribution in [0.4, 0.5) is 0 Å². The van der Waals surface area contributed by atoms with Crippen molar-refractivity contribution in [2.75, 3.05) is 0 Å². The highest BCUT2D eigenvalue weighted by Crippen LogP contribution is 2.42. The Labute approximate surface area is 110 Å². The predicted molar refractivity (Wildman–Crippen MR) is 76.5 cm³/mol. The summed E-state index contributed by atoms with van der Waals surface area (Å²) in [5.41, 5.74) is 0.519. The number of rotatable bonds is 4. The first-order valence-electron chi connectivity index (χ1n) is 6.81. The second-order valence-electron chi connectivity index (χ2n) is 6.30. The quantitative estimate of drug-likeness (QED) is 0.823. The molecular weight excluding hydrogens is 226 g/mol. The van der Waals surface area contributed by atoms with Crippen molar-refractivity contribution in [3.8, 4) is 0 Å². The van der Waals surface area contributed by atoms with Crippen LogP contribution in [-0.4, -0.2) is 6.04 Å². The highest BCUT2D eigenvalue weighted by molar-refractivity contribution is 7.10. The fraction of sp³-hybridized carbons (Fsp3) is 0.733. The summed E-state index contributed by atoms with van der Waals surface area (Å²) >= 11 is 1.88. The lowest BCUT2D eigenvalue weighted by atomic mass is 9.91. The Hall–Kier alpha value is -0.340. The van der Waals surface area contributed by atoms with Gasteiger partial charge in [0, 0.05) is 17.0 Å². The van der Waals surface area contributed by atoms with E-state index in [9.17, 15) is 0 Å². The number of hydrogen-bond acceptors (Lipinski definition) is 2. The highest BCUT2D eigenvalue weighted by Gasteiger charge is 2.37. The van der Waals surface area contributed by atoms with E-state index in [0.29, 0.717) is 17.5 Å². The summed E-state index contributed by atoms with van der Waals surface area (Å²) in [7, 11) is 0. The van der Waals surface area contributed by atoms with Crippen LogP contribution in [-0.2, 0) is 0 Å². The van der Waals surface area contributed by atoms with Crippen LogP contribution in [0.1, 0.15) is 57.9 Å². The van der Waals surface area contributed by atoms with Gasteiger partial charge < -0.3 is 5.32 Å². The standard InChI is InChI=1S/C15H25NS/c1-5-12(14-7-6-8-17-14)16-13-10-15(3,4)9-11(13)2/h6-8,11-13,16H,5,9-10H2,1-4H3. The topological polar surface area (TPSA) is 12.0 Å². The normalized spacial score (nSPS) is 29.4. The lowest BCUT2D eigenvalue weighted by molar-refractivity contribution is 0.350. The first kappa shape index (κ1) is 13.1. The Bertz CT molecular complexity index is 342. The van der Waals surface area contributed by atoms with Crippen LogP contribution in [0.5, 0.6) is 0 Å². The summed E-state index contributed by atoms with van der Waals surface area (Å²) in [5.74, 6) is 0.805. The molecule has 3 atom stereocenters. The van der Waals surface area contributed by atoms with Crippen LogP contribution in [0.3, 0.4) is 0 Å². The minimum atomic E-state index is 0.519. The van der Waals surface area contributed by atoms with E-state index in [4.69, 9.17) is 0 Å². The molecule has 1 N–H and O–H groups in total. The zero-order valence-electron chi connectivity index (χ0n) is 11.5. The molecule has 1 aromatic heterocycles. The molecule has 96 valence electrons. The van der Waals surface area contributed by atoms with Crippen LogP contribution >= 0.6 is 11.3 Å². The Balaban J connectivity index is 2.00. The van der Waals surface area contributed by atoms with Crippen LogP contribution in [0.15, 0.2) is 17.5 Å². The van der Waals surface area contributed by atoms with Crippen molar-refractivity contribution >= 4 is 11.3 Å². The summed E-state index contributed by atoms with van der Waals surface area (Å²) in [4.78, 5) is 1.49. The van der Waals surface area contributed by atoms with Crippen molar-refractivity contribution in [2.45, 2.75) is 59.0 Å². The molecule has 17 heavy (non-hydrogen) atoms. The number of thiophene rings is 1. The van der Waals surface area contributed by atoms with E-state index in [1.807, 2.05) is 11.3 Å². The van der Waals surface area contributed by atoms with Gasteiger partial charge in [-0.1, -0.05) is 33.8 Å². The van der Waals surface area contributed by atoms with Crippen LogP contribution < -0.4 is 5.32 Å². The molecule has 3 unspecified atom stereocenters. The second-order valence-corrected chi connectivity index (χ2v) is 7.28. The van der Waals surface area contributed by atoms with Crippen LogP contribution in [0.2, 0.25) is 0 Å². The molecule has 1 aromatic rings. The van der Waals surface area contributed by atoms with E-state index in [1.165, 1.54) is 24.1 Å². The lowest BCUT2D eigenvalue weighted by Gasteiger charge is -2.24. The maximum Gasteiger partial charge on any atom is 0.0414 e. The number of nitrogens with one attached hydrogen (secondary N) is 1. The lowest BCUT2D eigenvalue weighted by Crippen LogP contribution is -2.34. The maximum atomic E-state index is 3.88. The van der Waals surface area contributed by atoms with Gasteiger partial charge in [-0.05, 0) is 42.0 Å². The van der Waals surface area contributed by atoms with Crippen molar-refractivity contribution in [3.63, 3.8) is 0 Å². The molecule has 0 bridgehead atoms. The fourth-order valence-electron chi connectivity index (χ4n) is 3.27. The average molecular weight is 251 g/mol. The van der Waals surface area contributed by atoms with Gasteiger partial charge in [0.15, 0.2) is 0 Å². The van der Waals surface area contributed by atoms with Crippen molar-refractivity contribution in [2.24, 2.45) is 11.3 Å². The molecule has 0 amide bonds. The summed E-state index contributed by atoms with van der Waals surface area (Å²) in [5, 5.41) is 6.07. The third-order valence-electron chi connectivity index (χ3n) is 4.04. The second kappa shape index (κ2) is 5.11. The number of hydrogen-bond donors (Lipinski definition) is 1.